The van der Waals surface area contributed by atoms with Gasteiger partial charge in [-0.05, 0) is 59.0 Å². The average molecular weight is 583 g/mol. The Morgan fingerprint density at radius 1 is 0.756 bits per heavy atom. The predicted molar refractivity (Wildman–Crippen MR) is 153 cm³/mol. The number of rotatable bonds is 6. The van der Waals surface area contributed by atoms with Gasteiger partial charge in [0.05, 0.1) is 27.5 Å². The number of urea groups is 1. The molecule has 4 rings (SSSR count). The summed E-state index contributed by atoms with van der Waals surface area (Å²) < 4.78 is 46.7. The van der Waals surface area contributed by atoms with E-state index in [-0.39, 0.29) is 27.4 Å². The lowest BCUT2D eigenvalue weighted by Gasteiger charge is -2.23. The van der Waals surface area contributed by atoms with Crippen molar-refractivity contribution in [3.8, 4) is 22.6 Å². The van der Waals surface area contributed by atoms with Crippen LogP contribution < -0.4 is 15.4 Å². The molecule has 41 heavy (non-hydrogen) atoms. The molecule has 0 aliphatic heterocycles. The number of carbonyl (C=O) groups excluding carboxylic acids is 1. The van der Waals surface area contributed by atoms with Crippen LogP contribution in [-0.4, -0.2) is 17.1 Å². The number of amides is 2. The van der Waals surface area contributed by atoms with Crippen LogP contribution in [0, 0.1) is 0 Å². The van der Waals surface area contributed by atoms with E-state index in [1.54, 1.807) is 36.4 Å². The Hall–Kier alpha value is -4.50. The predicted octanol–water partition coefficient (Wildman–Crippen LogP) is 9.46. The van der Waals surface area contributed by atoms with Gasteiger partial charge >= 0.3 is 18.2 Å². The molecular formula is C31H26ClF3N2O4. The van der Waals surface area contributed by atoms with Gasteiger partial charge in [-0.25, -0.2) is 9.59 Å². The van der Waals surface area contributed by atoms with E-state index in [2.05, 4.69) is 10.6 Å². The Morgan fingerprint density at radius 3 is 1.98 bits per heavy atom. The van der Waals surface area contributed by atoms with Crippen molar-refractivity contribution in [2.24, 2.45) is 0 Å². The van der Waals surface area contributed by atoms with E-state index in [1.165, 1.54) is 24.3 Å². The highest BCUT2D eigenvalue weighted by molar-refractivity contribution is 6.33. The fourth-order valence-electron chi connectivity index (χ4n) is 4.17. The molecule has 0 saturated carbocycles. The van der Waals surface area contributed by atoms with Crippen molar-refractivity contribution in [3.63, 3.8) is 0 Å². The number of hydrogen-bond acceptors (Lipinski definition) is 3. The molecule has 212 valence electrons. The normalized spacial score (nSPS) is 11.6. The van der Waals surface area contributed by atoms with Gasteiger partial charge in [-0.15, -0.1) is 0 Å². The molecule has 6 nitrogen and oxygen atoms in total. The van der Waals surface area contributed by atoms with Crippen molar-refractivity contribution < 1.29 is 32.6 Å². The number of carboxylic acids is 1. The van der Waals surface area contributed by atoms with Gasteiger partial charge in [0.25, 0.3) is 0 Å². The van der Waals surface area contributed by atoms with Gasteiger partial charge in [0, 0.05) is 5.56 Å². The van der Waals surface area contributed by atoms with Gasteiger partial charge in [0.1, 0.15) is 5.75 Å². The highest BCUT2D eigenvalue weighted by Crippen LogP contribution is 2.39. The Labute approximate surface area is 239 Å². The summed E-state index contributed by atoms with van der Waals surface area (Å²) in [5.41, 5.74) is 0.402. The van der Waals surface area contributed by atoms with E-state index >= 15 is 0 Å². The number of para-hydroxylation sites is 2. The largest absolute Gasteiger partial charge is 0.478 e. The number of anilines is 2. The number of hydrogen-bond donors (Lipinski definition) is 3. The second-order valence-corrected chi connectivity index (χ2v) is 10.6. The summed E-state index contributed by atoms with van der Waals surface area (Å²) >= 11 is 6.16. The van der Waals surface area contributed by atoms with Crippen molar-refractivity contribution in [3.05, 3.63) is 107 Å². The summed E-state index contributed by atoms with van der Waals surface area (Å²) in [7, 11) is 0. The third-order valence-electron chi connectivity index (χ3n) is 6.16. The molecule has 0 aliphatic rings. The molecule has 0 saturated heterocycles. The maximum absolute atomic E-state index is 13.5. The molecule has 0 radical (unpaired) electrons. The van der Waals surface area contributed by atoms with Crippen LogP contribution in [0.2, 0.25) is 5.02 Å². The number of benzene rings is 4. The molecule has 2 amide bonds. The molecule has 10 heteroatoms. The SMILES string of the molecule is CC(C)(C)c1ccccc1Oc1ccc(-c2ccc(C(=O)O)c(Cl)c2)cc1NC(=O)Nc1ccccc1C(F)(F)F. The molecule has 3 N–H and O–H groups in total. The number of halogens is 4. The van der Waals surface area contributed by atoms with Gasteiger partial charge in [0.2, 0.25) is 0 Å². The minimum atomic E-state index is -4.67. The summed E-state index contributed by atoms with van der Waals surface area (Å²) in [5, 5.41) is 14.2. The van der Waals surface area contributed by atoms with Crippen LogP contribution >= 0.6 is 11.6 Å². The monoisotopic (exact) mass is 582 g/mol. The Balaban J connectivity index is 1.74. The summed E-state index contributed by atoms with van der Waals surface area (Å²) in [6, 6.07) is 20.4. The highest BCUT2D eigenvalue weighted by Gasteiger charge is 2.33. The fourth-order valence-corrected chi connectivity index (χ4v) is 4.43. The van der Waals surface area contributed by atoms with Crippen molar-refractivity contribution in [2.45, 2.75) is 32.4 Å². The smallest absolute Gasteiger partial charge is 0.418 e. The Kier molecular flexibility index (Phi) is 8.30. The van der Waals surface area contributed by atoms with Crippen molar-refractivity contribution in [2.75, 3.05) is 10.6 Å². The van der Waals surface area contributed by atoms with Crippen LogP contribution in [0.5, 0.6) is 11.5 Å². The summed E-state index contributed by atoms with van der Waals surface area (Å²) in [6.45, 7) is 6.06. The Bertz CT molecular complexity index is 1610. The second-order valence-electron chi connectivity index (χ2n) is 10.2. The van der Waals surface area contributed by atoms with Crippen molar-refractivity contribution in [1.29, 1.82) is 0 Å². The summed E-state index contributed by atoms with van der Waals surface area (Å²) in [6.07, 6.45) is -4.67. The lowest BCUT2D eigenvalue weighted by atomic mass is 9.86. The van der Waals surface area contributed by atoms with Crippen LogP contribution in [0.1, 0.15) is 42.3 Å². The van der Waals surface area contributed by atoms with Crippen LogP contribution in [-0.2, 0) is 11.6 Å². The quantitative estimate of drug-likeness (QED) is 0.211. The van der Waals surface area contributed by atoms with Crippen LogP contribution in [0.4, 0.5) is 29.3 Å². The minimum absolute atomic E-state index is 0.0189. The van der Waals surface area contributed by atoms with Crippen molar-refractivity contribution in [1.82, 2.24) is 0 Å². The highest BCUT2D eigenvalue weighted by atomic mass is 35.5. The molecule has 0 atom stereocenters. The summed E-state index contributed by atoms with van der Waals surface area (Å²) in [4.78, 5) is 24.4. The topological polar surface area (TPSA) is 87.7 Å². The lowest BCUT2D eigenvalue weighted by molar-refractivity contribution is -0.136. The van der Waals surface area contributed by atoms with Gasteiger partial charge in [-0.3, -0.25) is 0 Å². The van der Waals surface area contributed by atoms with E-state index in [4.69, 9.17) is 16.3 Å². The molecule has 0 unspecified atom stereocenters. The molecule has 4 aromatic rings. The maximum Gasteiger partial charge on any atom is 0.418 e. The molecule has 0 fully saturated rings. The molecule has 4 aromatic carbocycles. The molecular weight excluding hydrogens is 557 g/mol. The molecule has 0 spiro atoms. The first-order valence-corrected chi connectivity index (χ1v) is 12.8. The van der Waals surface area contributed by atoms with E-state index in [9.17, 15) is 27.9 Å². The first-order valence-electron chi connectivity index (χ1n) is 12.4. The van der Waals surface area contributed by atoms with Gasteiger partial charge < -0.3 is 20.5 Å². The van der Waals surface area contributed by atoms with E-state index in [0.29, 0.717) is 16.9 Å². The van der Waals surface area contributed by atoms with Crippen LogP contribution in [0.25, 0.3) is 11.1 Å². The number of ether oxygens (including phenoxy) is 1. The number of carboxylic acid groups (broad SMARTS) is 1. The number of alkyl halides is 3. The number of aromatic carboxylic acids is 1. The fraction of sp³-hybridized carbons (Fsp3) is 0.161. The molecule has 0 aromatic heterocycles. The van der Waals surface area contributed by atoms with E-state index in [1.807, 2.05) is 32.9 Å². The van der Waals surface area contributed by atoms with Gasteiger partial charge in [0.15, 0.2) is 5.75 Å². The maximum atomic E-state index is 13.5. The number of nitrogens with one attached hydrogen (secondary N) is 2. The van der Waals surface area contributed by atoms with Gasteiger partial charge in [-0.2, -0.15) is 13.2 Å². The lowest BCUT2D eigenvalue weighted by Crippen LogP contribution is -2.22. The average Bonchev–Trinajstić information content (AvgIpc) is 2.88. The number of carbonyl (C=O) groups is 2. The van der Waals surface area contributed by atoms with Gasteiger partial charge in [-0.1, -0.05) is 74.8 Å². The second kappa shape index (κ2) is 11.5. The first-order chi connectivity index (χ1) is 19.2. The standard InChI is InChI=1S/C31H26ClF3N2O4/c1-30(2,3)22-9-5-7-11-26(22)41-27-15-13-19(18-12-14-20(28(38)39)23(32)16-18)17-25(27)37-29(40)36-24-10-6-4-8-21(24)31(33,34)35/h4-17H,1-3H3,(H,38,39)(H2,36,37,40). The third-order valence-corrected chi connectivity index (χ3v) is 6.47. The van der Waals surface area contributed by atoms with Crippen LogP contribution in [0.15, 0.2) is 84.9 Å². The molecule has 0 aliphatic carbocycles. The first kappa shape index (κ1) is 29.5. The summed E-state index contributed by atoms with van der Waals surface area (Å²) in [5.74, 6) is -0.411. The Morgan fingerprint density at radius 2 is 1.34 bits per heavy atom. The minimum Gasteiger partial charge on any atom is -0.478 e. The third kappa shape index (κ3) is 6.99. The van der Waals surface area contributed by atoms with Crippen LogP contribution in [0.3, 0.4) is 0 Å². The van der Waals surface area contributed by atoms with E-state index in [0.717, 1.165) is 17.7 Å². The molecule has 0 heterocycles. The zero-order valence-corrected chi connectivity index (χ0v) is 23.0. The zero-order chi connectivity index (χ0) is 29.9. The zero-order valence-electron chi connectivity index (χ0n) is 22.3. The van der Waals surface area contributed by atoms with E-state index < -0.39 is 29.4 Å². The van der Waals surface area contributed by atoms with Crippen molar-refractivity contribution >= 4 is 35.0 Å². The molecule has 0 bridgehead atoms.